The topological polar surface area (TPSA) is 91.3 Å². The fourth-order valence-corrected chi connectivity index (χ4v) is 1.84. The zero-order valence-electron chi connectivity index (χ0n) is 8.91. The Morgan fingerprint density at radius 3 is 2.82 bits per heavy atom. The number of benzene rings is 1. The summed E-state index contributed by atoms with van der Waals surface area (Å²) in [6.45, 7) is 1.74. The predicted octanol–water partition coefficient (Wildman–Crippen LogP) is 2.73. The van der Waals surface area contributed by atoms with Crippen molar-refractivity contribution in [3.63, 3.8) is 0 Å². The van der Waals surface area contributed by atoms with Crippen molar-refractivity contribution in [3.05, 3.63) is 40.1 Å². The quantitative estimate of drug-likeness (QED) is 0.668. The molecular weight excluding hydrogens is 242 g/mol. The highest BCUT2D eigenvalue weighted by Gasteiger charge is 2.10. The van der Waals surface area contributed by atoms with E-state index in [1.165, 1.54) is 29.7 Å². The fraction of sp³-hybridized carbons (Fsp3) is 0.100. The van der Waals surface area contributed by atoms with Gasteiger partial charge >= 0.3 is 0 Å². The molecule has 7 heteroatoms. The van der Waals surface area contributed by atoms with Crippen molar-refractivity contribution < 1.29 is 9.66 Å². The third kappa shape index (κ3) is 2.51. The van der Waals surface area contributed by atoms with Gasteiger partial charge in [0.1, 0.15) is 5.75 Å². The standard InChI is InChI=1S/C10H9N3O3S/c1-6-4-7(13(14)15)2-3-8(6)16-9-5-12-10(11)17-9/h2-5H,1H3,(H2,11,12). The SMILES string of the molecule is Cc1cc([N+](=O)[O-])ccc1Oc1cnc(N)s1. The van der Waals surface area contributed by atoms with Crippen LogP contribution in [0.2, 0.25) is 0 Å². The molecule has 0 radical (unpaired) electrons. The largest absolute Gasteiger partial charge is 0.445 e. The summed E-state index contributed by atoms with van der Waals surface area (Å²) >= 11 is 1.21. The molecule has 2 aromatic rings. The second-order valence-corrected chi connectivity index (χ2v) is 4.35. The number of nitro groups is 1. The summed E-state index contributed by atoms with van der Waals surface area (Å²) in [6, 6.07) is 4.41. The van der Waals surface area contributed by atoms with Crippen molar-refractivity contribution in [1.82, 2.24) is 4.98 Å². The monoisotopic (exact) mass is 251 g/mol. The Kier molecular flexibility index (Phi) is 2.92. The van der Waals surface area contributed by atoms with E-state index >= 15 is 0 Å². The van der Waals surface area contributed by atoms with E-state index < -0.39 is 4.92 Å². The number of nitro benzene ring substituents is 1. The number of nitrogen functional groups attached to an aromatic ring is 1. The molecule has 0 aliphatic carbocycles. The van der Waals surface area contributed by atoms with Crippen LogP contribution in [0.25, 0.3) is 0 Å². The van der Waals surface area contributed by atoms with E-state index in [4.69, 9.17) is 10.5 Å². The van der Waals surface area contributed by atoms with Crippen LogP contribution in [-0.2, 0) is 0 Å². The number of non-ortho nitro benzene ring substituents is 1. The lowest BCUT2D eigenvalue weighted by Gasteiger charge is -2.05. The normalized spacial score (nSPS) is 10.2. The summed E-state index contributed by atoms with van der Waals surface area (Å²) in [7, 11) is 0. The first-order chi connectivity index (χ1) is 8.06. The molecule has 1 heterocycles. The lowest BCUT2D eigenvalue weighted by atomic mass is 10.2. The Hall–Kier alpha value is -2.15. The average molecular weight is 251 g/mol. The number of anilines is 1. The first kappa shape index (κ1) is 11.3. The van der Waals surface area contributed by atoms with Gasteiger partial charge in [0.15, 0.2) is 5.13 Å². The van der Waals surface area contributed by atoms with Crippen LogP contribution in [0, 0.1) is 17.0 Å². The van der Waals surface area contributed by atoms with Gasteiger partial charge in [0.25, 0.3) is 5.69 Å². The van der Waals surface area contributed by atoms with Gasteiger partial charge in [-0.2, -0.15) is 0 Å². The van der Waals surface area contributed by atoms with Crippen LogP contribution >= 0.6 is 11.3 Å². The molecule has 0 bridgehead atoms. The van der Waals surface area contributed by atoms with E-state index in [1.807, 2.05) is 0 Å². The van der Waals surface area contributed by atoms with Gasteiger partial charge in [0.05, 0.1) is 11.1 Å². The summed E-state index contributed by atoms with van der Waals surface area (Å²) in [4.78, 5) is 14.0. The Balaban J connectivity index is 2.25. The van der Waals surface area contributed by atoms with Crippen molar-refractivity contribution >= 4 is 22.2 Å². The van der Waals surface area contributed by atoms with E-state index in [0.717, 1.165) is 0 Å². The first-order valence-electron chi connectivity index (χ1n) is 4.70. The molecule has 0 unspecified atom stereocenters. The molecule has 0 aliphatic rings. The highest BCUT2D eigenvalue weighted by atomic mass is 32.1. The summed E-state index contributed by atoms with van der Waals surface area (Å²) in [5.41, 5.74) is 6.20. The zero-order chi connectivity index (χ0) is 12.4. The van der Waals surface area contributed by atoms with Crippen LogP contribution < -0.4 is 10.5 Å². The van der Waals surface area contributed by atoms with Gasteiger partial charge < -0.3 is 10.5 Å². The third-order valence-corrected chi connectivity index (χ3v) is 2.79. The van der Waals surface area contributed by atoms with Crippen molar-refractivity contribution in [3.8, 4) is 10.8 Å². The fourth-order valence-electron chi connectivity index (χ4n) is 1.29. The number of nitrogens with zero attached hydrogens (tertiary/aromatic N) is 2. The molecular formula is C10H9N3O3S. The Labute approximate surface area is 101 Å². The summed E-state index contributed by atoms with van der Waals surface area (Å²) < 4.78 is 5.52. The Morgan fingerprint density at radius 2 is 2.29 bits per heavy atom. The minimum atomic E-state index is -0.443. The lowest BCUT2D eigenvalue weighted by molar-refractivity contribution is -0.384. The van der Waals surface area contributed by atoms with Crippen molar-refractivity contribution in [2.24, 2.45) is 0 Å². The Morgan fingerprint density at radius 1 is 1.53 bits per heavy atom. The van der Waals surface area contributed by atoms with Gasteiger partial charge in [0, 0.05) is 12.1 Å². The maximum Gasteiger partial charge on any atom is 0.269 e. The molecule has 0 spiro atoms. The van der Waals surface area contributed by atoms with Crippen LogP contribution in [0.15, 0.2) is 24.4 Å². The van der Waals surface area contributed by atoms with E-state index in [-0.39, 0.29) is 5.69 Å². The molecule has 0 saturated heterocycles. The number of thiazole rings is 1. The van der Waals surface area contributed by atoms with Crippen molar-refractivity contribution in [2.45, 2.75) is 6.92 Å². The molecule has 6 nitrogen and oxygen atoms in total. The van der Waals surface area contributed by atoms with Crippen LogP contribution in [0.3, 0.4) is 0 Å². The predicted molar refractivity (Wildman–Crippen MR) is 64.4 cm³/mol. The molecule has 0 amide bonds. The van der Waals surface area contributed by atoms with Crippen LogP contribution in [0.5, 0.6) is 10.8 Å². The van der Waals surface area contributed by atoms with E-state index in [9.17, 15) is 10.1 Å². The van der Waals surface area contributed by atoms with Gasteiger partial charge in [-0.25, -0.2) is 4.98 Å². The number of nitrogens with two attached hydrogens (primary N) is 1. The number of aryl methyl sites for hydroxylation is 1. The second kappa shape index (κ2) is 4.38. The molecule has 1 aromatic carbocycles. The summed E-state index contributed by atoms with van der Waals surface area (Å²) in [5, 5.41) is 11.5. The maximum atomic E-state index is 10.6. The van der Waals surface area contributed by atoms with E-state index in [2.05, 4.69) is 4.98 Å². The minimum Gasteiger partial charge on any atom is -0.445 e. The van der Waals surface area contributed by atoms with Crippen molar-refractivity contribution in [1.29, 1.82) is 0 Å². The van der Waals surface area contributed by atoms with E-state index in [0.29, 0.717) is 21.5 Å². The number of hydrogen-bond donors (Lipinski definition) is 1. The smallest absolute Gasteiger partial charge is 0.269 e. The zero-order valence-corrected chi connectivity index (χ0v) is 9.73. The number of aromatic nitrogens is 1. The van der Waals surface area contributed by atoms with Crippen LogP contribution in [0.4, 0.5) is 10.8 Å². The second-order valence-electron chi connectivity index (χ2n) is 3.33. The Bertz CT molecular complexity index is 568. The molecule has 0 aliphatic heterocycles. The molecule has 88 valence electrons. The first-order valence-corrected chi connectivity index (χ1v) is 5.52. The minimum absolute atomic E-state index is 0.0404. The van der Waals surface area contributed by atoms with Gasteiger partial charge in [0.2, 0.25) is 5.06 Å². The average Bonchev–Trinajstić information content (AvgIpc) is 2.67. The van der Waals surface area contributed by atoms with Crippen LogP contribution in [-0.4, -0.2) is 9.91 Å². The maximum absolute atomic E-state index is 10.6. The lowest BCUT2D eigenvalue weighted by Crippen LogP contribution is -1.90. The third-order valence-electron chi connectivity index (χ3n) is 2.08. The van der Waals surface area contributed by atoms with E-state index in [1.54, 1.807) is 13.0 Å². The number of ether oxygens (including phenoxy) is 1. The highest BCUT2D eigenvalue weighted by Crippen LogP contribution is 2.31. The van der Waals surface area contributed by atoms with Gasteiger partial charge in [-0.1, -0.05) is 11.3 Å². The van der Waals surface area contributed by atoms with Gasteiger partial charge in [-0.3, -0.25) is 10.1 Å². The molecule has 2 rings (SSSR count). The molecule has 0 fully saturated rings. The number of hydrogen-bond acceptors (Lipinski definition) is 6. The van der Waals surface area contributed by atoms with Crippen LogP contribution in [0.1, 0.15) is 5.56 Å². The summed E-state index contributed by atoms with van der Waals surface area (Å²) in [5.74, 6) is 0.555. The van der Waals surface area contributed by atoms with Crippen molar-refractivity contribution in [2.75, 3.05) is 5.73 Å². The molecule has 2 N–H and O–H groups in total. The van der Waals surface area contributed by atoms with Gasteiger partial charge in [-0.05, 0) is 18.6 Å². The molecule has 17 heavy (non-hydrogen) atoms. The highest BCUT2D eigenvalue weighted by molar-refractivity contribution is 7.17. The summed E-state index contributed by atoms with van der Waals surface area (Å²) in [6.07, 6.45) is 1.51. The number of rotatable bonds is 3. The molecule has 0 saturated carbocycles. The molecule has 0 atom stereocenters. The molecule has 1 aromatic heterocycles. The van der Waals surface area contributed by atoms with Gasteiger partial charge in [-0.15, -0.1) is 0 Å².